The average molecular weight is 276 g/mol. The van der Waals surface area contributed by atoms with Gasteiger partial charge < -0.3 is 9.80 Å². The summed E-state index contributed by atoms with van der Waals surface area (Å²) in [7, 11) is 2.05. The number of carbonyl (C=O) groups is 1. The van der Waals surface area contributed by atoms with E-state index in [1.807, 2.05) is 11.9 Å². The zero-order valence-electron chi connectivity index (χ0n) is 11.8. The molecule has 0 N–H and O–H groups in total. The molecule has 2 fully saturated rings. The van der Waals surface area contributed by atoms with Crippen molar-refractivity contribution >= 4 is 5.91 Å². The van der Waals surface area contributed by atoms with Gasteiger partial charge in [-0.2, -0.15) is 5.10 Å². The van der Waals surface area contributed by atoms with Gasteiger partial charge in [0.25, 0.3) is 5.56 Å². The van der Waals surface area contributed by atoms with E-state index in [-0.39, 0.29) is 18.0 Å². The van der Waals surface area contributed by atoms with Crippen LogP contribution in [0.1, 0.15) is 24.5 Å². The number of aromatic nitrogens is 2. The molecular formula is C14H20N4O2. The highest BCUT2D eigenvalue weighted by molar-refractivity contribution is 5.76. The Kier molecular flexibility index (Phi) is 3.56. The number of hydrogen-bond donors (Lipinski definition) is 0. The third kappa shape index (κ3) is 2.90. The zero-order chi connectivity index (χ0) is 14.1. The predicted octanol–water partition coefficient (Wildman–Crippen LogP) is -0.105. The lowest BCUT2D eigenvalue weighted by Gasteiger charge is -2.32. The van der Waals surface area contributed by atoms with Crippen LogP contribution in [0.5, 0.6) is 0 Å². The lowest BCUT2D eigenvalue weighted by Crippen LogP contribution is -2.48. The second-order valence-electron chi connectivity index (χ2n) is 5.71. The third-order valence-corrected chi connectivity index (χ3v) is 4.02. The van der Waals surface area contributed by atoms with Gasteiger partial charge in [0.2, 0.25) is 5.91 Å². The van der Waals surface area contributed by atoms with Crippen molar-refractivity contribution in [2.45, 2.75) is 25.3 Å². The first kappa shape index (κ1) is 13.3. The third-order valence-electron chi connectivity index (χ3n) is 4.02. The molecule has 0 radical (unpaired) electrons. The van der Waals surface area contributed by atoms with Gasteiger partial charge in [0.1, 0.15) is 6.54 Å². The molecule has 0 unspecified atom stereocenters. The number of likely N-dealkylation sites (N-methyl/N-ethyl adjacent to an activating group) is 1. The van der Waals surface area contributed by atoms with Gasteiger partial charge >= 0.3 is 0 Å². The van der Waals surface area contributed by atoms with E-state index >= 15 is 0 Å². The molecule has 1 aromatic rings. The normalized spacial score (nSPS) is 20.1. The van der Waals surface area contributed by atoms with Crippen LogP contribution in [-0.4, -0.2) is 58.7 Å². The molecule has 20 heavy (non-hydrogen) atoms. The summed E-state index contributed by atoms with van der Waals surface area (Å²) < 4.78 is 1.31. The Hall–Kier alpha value is -1.69. The van der Waals surface area contributed by atoms with Crippen molar-refractivity contribution in [2.75, 3.05) is 33.2 Å². The van der Waals surface area contributed by atoms with Gasteiger partial charge in [0, 0.05) is 38.2 Å². The zero-order valence-corrected chi connectivity index (χ0v) is 11.8. The van der Waals surface area contributed by atoms with E-state index in [1.165, 1.54) is 10.7 Å². The van der Waals surface area contributed by atoms with Gasteiger partial charge in [0.05, 0.1) is 5.69 Å². The molecule has 1 aromatic heterocycles. The minimum Gasteiger partial charge on any atom is -0.339 e. The summed E-state index contributed by atoms with van der Waals surface area (Å²) in [5.74, 6) is 0.473. The molecule has 3 rings (SSSR count). The van der Waals surface area contributed by atoms with Gasteiger partial charge in [-0.1, -0.05) is 0 Å². The molecule has 6 heteroatoms. The Balaban J connectivity index is 1.69. The summed E-state index contributed by atoms with van der Waals surface area (Å²) in [6, 6.07) is 3.31. The quantitative estimate of drug-likeness (QED) is 0.773. The standard InChI is InChI=1S/C14H20N4O2/c1-16-6-8-17(9-7-16)14(20)10-18-13(19)5-4-12(15-18)11-2-3-11/h4-5,11H,2-3,6-10H2,1H3. The van der Waals surface area contributed by atoms with Crippen LogP contribution in [0.3, 0.4) is 0 Å². The topological polar surface area (TPSA) is 58.4 Å². The fourth-order valence-corrected chi connectivity index (χ4v) is 2.46. The van der Waals surface area contributed by atoms with E-state index in [4.69, 9.17) is 0 Å². The molecule has 1 amide bonds. The maximum atomic E-state index is 12.2. The molecule has 6 nitrogen and oxygen atoms in total. The summed E-state index contributed by atoms with van der Waals surface area (Å²) in [5.41, 5.74) is 0.743. The van der Waals surface area contributed by atoms with Crippen molar-refractivity contribution in [2.24, 2.45) is 0 Å². The van der Waals surface area contributed by atoms with Crippen LogP contribution in [-0.2, 0) is 11.3 Å². The Morgan fingerprint density at radius 2 is 1.95 bits per heavy atom. The van der Waals surface area contributed by atoms with Gasteiger partial charge in [-0.25, -0.2) is 4.68 Å². The maximum Gasteiger partial charge on any atom is 0.267 e. The highest BCUT2D eigenvalue weighted by Crippen LogP contribution is 2.38. The number of amides is 1. The number of hydrogen-bond acceptors (Lipinski definition) is 4. The van der Waals surface area contributed by atoms with Gasteiger partial charge in [-0.3, -0.25) is 9.59 Å². The van der Waals surface area contributed by atoms with Crippen molar-refractivity contribution in [3.05, 3.63) is 28.2 Å². The van der Waals surface area contributed by atoms with E-state index in [0.29, 0.717) is 5.92 Å². The first-order chi connectivity index (χ1) is 9.63. The second kappa shape index (κ2) is 5.36. The second-order valence-corrected chi connectivity index (χ2v) is 5.71. The van der Waals surface area contributed by atoms with Crippen LogP contribution < -0.4 is 5.56 Å². The minimum absolute atomic E-state index is 0.0133. The molecular weight excluding hydrogens is 256 g/mol. The SMILES string of the molecule is CN1CCN(C(=O)Cn2nc(C3CC3)ccc2=O)CC1. The summed E-state index contributed by atoms with van der Waals surface area (Å²) in [6.07, 6.45) is 2.27. The fraction of sp³-hybridized carbons (Fsp3) is 0.643. The van der Waals surface area contributed by atoms with Crippen LogP contribution in [0.4, 0.5) is 0 Å². The number of nitrogens with zero attached hydrogens (tertiary/aromatic N) is 4. The van der Waals surface area contributed by atoms with Crippen LogP contribution in [0, 0.1) is 0 Å². The molecule has 1 aliphatic heterocycles. The van der Waals surface area contributed by atoms with E-state index in [1.54, 1.807) is 6.07 Å². The van der Waals surface area contributed by atoms with Crippen LogP contribution in [0.2, 0.25) is 0 Å². The van der Waals surface area contributed by atoms with E-state index in [9.17, 15) is 9.59 Å². The fourth-order valence-electron chi connectivity index (χ4n) is 2.46. The summed E-state index contributed by atoms with van der Waals surface area (Å²) in [6.45, 7) is 3.29. The van der Waals surface area contributed by atoms with Gasteiger partial charge in [-0.05, 0) is 26.0 Å². The van der Waals surface area contributed by atoms with E-state index in [2.05, 4.69) is 10.00 Å². The largest absolute Gasteiger partial charge is 0.339 e. The number of carbonyl (C=O) groups excluding carboxylic acids is 1. The van der Waals surface area contributed by atoms with Gasteiger partial charge in [0.15, 0.2) is 0 Å². The minimum atomic E-state index is -0.197. The monoisotopic (exact) mass is 276 g/mol. The summed E-state index contributed by atoms with van der Waals surface area (Å²) in [4.78, 5) is 28.1. The first-order valence-corrected chi connectivity index (χ1v) is 7.18. The lowest BCUT2D eigenvalue weighted by atomic mass is 10.3. The van der Waals surface area contributed by atoms with Crippen molar-refractivity contribution < 1.29 is 4.79 Å². The Labute approximate surface area is 118 Å². The summed E-state index contributed by atoms with van der Waals surface area (Å²) in [5, 5.41) is 4.33. The Morgan fingerprint density at radius 1 is 1.25 bits per heavy atom. The van der Waals surface area contributed by atoms with Crippen molar-refractivity contribution in [3.8, 4) is 0 Å². The molecule has 0 atom stereocenters. The molecule has 1 saturated heterocycles. The Bertz CT molecular complexity index is 557. The lowest BCUT2D eigenvalue weighted by molar-refractivity contribution is -0.133. The van der Waals surface area contributed by atoms with Crippen LogP contribution >= 0.6 is 0 Å². The molecule has 0 aromatic carbocycles. The van der Waals surface area contributed by atoms with Crippen molar-refractivity contribution in [1.29, 1.82) is 0 Å². The highest BCUT2D eigenvalue weighted by Gasteiger charge is 2.26. The molecule has 1 aliphatic carbocycles. The van der Waals surface area contributed by atoms with E-state index < -0.39 is 0 Å². The first-order valence-electron chi connectivity index (χ1n) is 7.18. The van der Waals surface area contributed by atoms with Crippen molar-refractivity contribution in [3.63, 3.8) is 0 Å². The summed E-state index contributed by atoms with van der Waals surface area (Å²) >= 11 is 0. The van der Waals surface area contributed by atoms with Crippen LogP contribution in [0.15, 0.2) is 16.9 Å². The molecule has 2 heterocycles. The molecule has 0 bridgehead atoms. The number of piperazine rings is 1. The highest BCUT2D eigenvalue weighted by atomic mass is 16.2. The number of rotatable bonds is 3. The molecule has 108 valence electrons. The smallest absolute Gasteiger partial charge is 0.267 e. The molecule has 0 spiro atoms. The predicted molar refractivity (Wildman–Crippen MR) is 74.5 cm³/mol. The molecule has 2 aliphatic rings. The maximum absolute atomic E-state index is 12.2. The van der Waals surface area contributed by atoms with Gasteiger partial charge in [-0.15, -0.1) is 0 Å². The Morgan fingerprint density at radius 3 is 2.60 bits per heavy atom. The molecule has 1 saturated carbocycles. The van der Waals surface area contributed by atoms with Crippen LogP contribution in [0.25, 0.3) is 0 Å². The average Bonchev–Trinajstić information content (AvgIpc) is 3.26. The van der Waals surface area contributed by atoms with Crippen molar-refractivity contribution in [1.82, 2.24) is 19.6 Å². The van der Waals surface area contributed by atoms with E-state index in [0.717, 1.165) is 44.7 Å².